The lowest BCUT2D eigenvalue weighted by Gasteiger charge is -2.11. The second kappa shape index (κ2) is 9.05. The number of aliphatic carboxylic acids is 2. The van der Waals surface area contributed by atoms with E-state index in [1.165, 1.54) is 6.33 Å². The Kier molecular flexibility index (Phi) is 8.18. The van der Waals surface area contributed by atoms with Crippen LogP contribution < -0.4 is 11.5 Å². The van der Waals surface area contributed by atoms with E-state index in [0.29, 0.717) is 5.69 Å². The number of nitrogens with two attached hydrogens (primary N) is 2. The smallest absolute Gasteiger partial charge is 0.320 e. The third-order valence-electron chi connectivity index (χ3n) is 2.84. The van der Waals surface area contributed by atoms with Gasteiger partial charge in [-0.3, -0.25) is 9.59 Å². The van der Waals surface area contributed by atoms with Crippen molar-refractivity contribution >= 4 is 11.9 Å². The largest absolute Gasteiger partial charge is 0.480 e. The summed E-state index contributed by atoms with van der Waals surface area (Å²) in [5.41, 5.74) is 11.2. The molecule has 0 radical (unpaired) electrons. The van der Waals surface area contributed by atoms with Gasteiger partial charge in [0.25, 0.3) is 0 Å². The molecule has 8 heteroatoms. The highest BCUT2D eigenvalue weighted by atomic mass is 16.4. The second-order valence-corrected chi connectivity index (χ2v) is 4.46. The van der Waals surface area contributed by atoms with Crippen molar-refractivity contribution in [2.75, 3.05) is 0 Å². The van der Waals surface area contributed by atoms with Crippen LogP contribution in [0.4, 0.5) is 0 Å². The highest BCUT2D eigenvalue weighted by Gasteiger charge is 2.17. The number of hydrogen-bond donors (Lipinski definition) is 5. The molecule has 1 aromatic heterocycles. The highest BCUT2D eigenvalue weighted by Crippen LogP contribution is 2.04. The first-order chi connectivity index (χ1) is 9.29. The second-order valence-electron chi connectivity index (χ2n) is 4.46. The minimum atomic E-state index is -1.01. The van der Waals surface area contributed by atoms with Crippen molar-refractivity contribution in [1.82, 2.24) is 9.97 Å². The van der Waals surface area contributed by atoms with Crippen LogP contribution >= 0.6 is 0 Å². The molecule has 20 heavy (non-hydrogen) atoms. The average Bonchev–Trinajstić information content (AvgIpc) is 2.90. The van der Waals surface area contributed by atoms with Crippen LogP contribution in [0.25, 0.3) is 0 Å². The maximum atomic E-state index is 10.3. The number of carboxylic acids is 2. The van der Waals surface area contributed by atoms with E-state index in [-0.39, 0.29) is 12.3 Å². The molecule has 8 nitrogen and oxygen atoms in total. The lowest BCUT2D eigenvalue weighted by atomic mass is 10.0. The summed E-state index contributed by atoms with van der Waals surface area (Å²) in [5.74, 6) is -1.85. The molecule has 0 aliphatic heterocycles. The fourth-order valence-corrected chi connectivity index (χ4v) is 1.21. The number of imidazole rings is 1. The number of carboxylic acid groups (broad SMARTS) is 2. The van der Waals surface area contributed by atoms with Gasteiger partial charge in [-0.1, -0.05) is 20.3 Å². The van der Waals surface area contributed by atoms with E-state index in [2.05, 4.69) is 9.97 Å². The number of nitrogens with zero attached hydrogens (tertiary/aromatic N) is 1. The molecule has 0 saturated carbocycles. The minimum Gasteiger partial charge on any atom is -0.480 e. The van der Waals surface area contributed by atoms with Crippen molar-refractivity contribution in [3.63, 3.8) is 0 Å². The van der Waals surface area contributed by atoms with Crippen LogP contribution in [0.2, 0.25) is 0 Å². The zero-order chi connectivity index (χ0) is 15.7. The van der Waals surface area contributed by atoms with Crippen molar-refractivity contribution in [2.45, 2.75) is 38.8 Å². The average molecular weight is 286 g/mol. The van der Waals surface area contributed by atoms with Crippen molar-refractivity contribution in [3.8, 4) is 0 Å². The van der Waals surface area contributed by atoms with Crippen LogP contribution in [0, 0.1) is 5.92 Å². The minimum absolute atomic E-state index is 0.0718. The third kappa shape index (κ3) is 6.86. The van der Waals surface area contributed by atoms with Gasteiger partial charge in [0.05, 0.1) is 12.0 Å². The molecule has 0 aliphatic rings. The first-order valence-corrected chi connectivity index (χ1v) is 6.24. The van der Waals surface area contributed by atoms with E-state index in [1.807, 2.05) is 13.8 Å². The summed E-state index contributed by atoms with van der Waals surface area (Å²) in [4.78, 5) is 27.0. The first kappa shape index (κ1) is 18.1. The van der Waals surface area contributed by atoms with E-state index in [9.17, 15) is 9.59 Å². The van der Waals surface area contributed by atoms with E-state index < -0.39 is 24.0 Å². The third-order valence-corrected chi connectivity index (χ3v) is 2.84. The number of aromatic nitrogens is 2. The summed E-state index contributed by atoms with van der Waals surface area (Å²) < 4.78 is 0. The number of hydrogen-bond acceptors (Lipinski definition) is 5. The predicted molar refractivity (Wildman–Crippen MR) is 73.0 cm³/mol. The molecule has 0 bridgehead atoms. The first-order valence-electron chi connectivity index (χ1n) is 6.24. The Balaban J connectivity index is 0.000000370. The molecule has 1 heterocycles. The summed E-state index contributed by atoms with van der Waals surface area (Å²) in [6.45, 7) is 3.76. The maximum Gasteiger partial charge on any atom is 0.320 e. The Morgan fingerprint density at radius 1 is 1.35 bits per heavy atom. The topological polar surface area (TPSA) is 155 Å². The summed E-state index contributed by atoms with van der Waals surface area (Å²) in [5, 5.41) is 16.8. The molecular formula is C12H22N4O4. The van der Waals surface area contributed by atoms with Crippen LogP contribution in [0.5, 0.6) is 0 Å². The number of H-pyrrole nitrogens is 1. The van der Waals surface area contributed by atoms with Crippen LogP contribution in [-0.4, -0.2) is 44.2 Å². The lowest BCUT2D eigenvalue weighted by Crippen LogP contribution is -2.36. The molecule has 1 aromatic rings. The van der Waals surface area contributed by atoms with Gasteiger partial charge in [0.1, 0.15) is 12.1 Å². The maximum absolute atomic E-state index is 10.3. The number of carbonyl (C=O) groups is 2. The van der Waals surface area contributed by atoms with Gasteiger partial charge in [0.2, 0.25) is 0 Å². The van der Waals surface area contributed by atoms with Gasteiger partial charge >= 0.3 is 11.9 Å². The Morgan fingerprint density at radius 3 is 2.25 bits per heavy atom. The van der Waals surface area contributed by atoms with E-state index >= 15 is 0 Å². The van der Waals surface area contributed by atoms with Gasteiger partial charge in [-0.2, -0.15) is 0 Å². The lowest BCUT2D eigenvalue weighted by molar-refractivity contribution is -0.140. The molecule has 1 rings (SSSR count). The van der Waals surface area contributed by atoms with Crippen molar-refractivity contribution in [2.24, 2.45) is 17.4 Å². The van der Waals surface area contributed by atoms with Crippen molar-refractivity contribution in [3.05, 3.63) is 18.2 Å². The van der Waals surface area contributed by atoms with E-state index in [4.69, 9.17) is 21.7 Å². The fraction of sp³-hybridized carbons (Fsp3) is 0.583. The van der Waals surface area contributed by atoms with Gasteiger partial charge in [-0.05, 0) is 5.92 Å². The summed E-state index contributed by atoms with van der Waals surface area (Å²) >= 11 is 0. The zero-order valence-corrected chi connectivity index (χ0v) is 11.6. The molecule has 0 fully saturated rings. The van der Waals surface area contributed by atoms with Gasteiger partial charge < -0.3 is 26.7 Å². The summed E-state index contributed by atoms with van der Waals surface area (Å²) in [6, 6.07) is -1.56. The van der Waals surface area contributed by atoms with Crippen LogP contribution in [0.15, 0.2) is 12.5 Å². The monoisotopic (exact) mass is 286 g/mol. The predicted octanol–water partition coefficient (Wildman–Crippen LogP) is -0.191. The van der Waals surface area contributed by atoms with E-state index in [1.54, 1.807) is 6.20 Å². The molecule has 0 unspecified atom stereocenters. The fourth-order valence-electron chi connectivity index (χ4n) is 1.21. The summed E-state index contributed by atoms with van der Waals surface area (Å²) in [6.07, 6.45) is 4.19. The molecule has 0 aromatic carbocycles. The van der Waals surface area contributed by atoms with Gasteiger partial charge in [-0.25, -0.2) is 4.98 Å². The van der Waals surface area contributed by atoms with Crippen LogP contribution in [0.1, 0.15) is 26.0 Å². The number of nitrogens with one attached hydrogen (secondary N) is 1. The molecule has 7 N–H and O–H groups in total. The molecule has 3 atom stereocenters. The van der Waals surface area contributed by atoms with Crippen LogP contribution in [-0.2, 0) is 16.0 Å². The van der Waals surface area contributed by atoms with Crippen molar-refractivity contribution < 1.29 is 19.8 Å². The SMILES string of the molecule is CC[C@H](C)[C@H](N)C(=O)O.N[C@@H](Cc1c[nH]cn1)C(=O)O. The normalized spacial score (nSPS) is 14.6. The van der Waals surface area contributed by atoms with Crippen molar-refractivity contribution in [1.29, 1.82) is 0 Å². The molecule has 114 valence electrons. The van der Waals surface area contributed by atoms with E-state index in [0.717, 1.165) is 6.42 Å². The molecular weight excluding hydrogens is 264 g/mol. The summed E-state index contributed by atoms with van der Waals surface area (Å²) in [7, 11) is 0. The zero-order valence-electron chi connectivity index (χ0n) is 11.6. The highest BCUT2D eigenvalue weighted by molar-refractivity contribution is 5.73. The van der Waals surface area contributed by atoms with Gasteiger partial charge in [0, 0.05) is 12.6 Å². The quantitative estimate of drug-likeness (QED) is 0.485. The standard InChI is InChI=1S/C6H9N3O2.C6H13NO2/c7-5(6(10)11)1-4-2-8-3-9-4;1-3-4(2)5(7)6(8)9/h2-3,5H,1,7H2,(H,8,9)(H,10,11);4-5H,3,7H2,1-2H3,(H,8,9)/t5-;4-,5-/m00/s1. The Hall–Kier alpha value is -1.93. The Bertz CT molecular complexity index is 408. The molecule has 0 amide bonds. The Morgan fingerprint density at radius 2 is 1.95 bits per heavy atom. The van der Waals surface area contributed by atoms with Gasteiger partial charge in [-0.15, -0.1) is 0 Å². The molecule has 0 aliphatic carbocycles. The number of rotatable bonds is 6. The van der Waals surface area contributed by atoms with Crippen LogP contribution in [0.3, 0.4) is 0 Å². The Labute approximate surface area is 117 Å². The molecule has 0 saturated heterocycles. The molecule has 0 spiro atoms. The number of aromatic amines is 1. The van der Waals surface area contributed by atoms with Gasteiger partial charge in [0.15, 0.2) is 0 Å².